The molecule has 17 heavy (non-hydrogen) atoms. The van der Waals surface area contributed by atoms with Crippen LogP contribution in [0, 0.1) is 6.92 Å². The fourth-order valence-corrected chi connectivity index (χ4v) is 1.33. The second kappa shape index (κ2) is 5.34. The first-order valence-electron chi connectivity index (χ1n) is 5.29. The van der Waals surface area contributed by atoms with Crippen LogP contribution in [0.2, 0.25) is 0 Å². The Hall–Kier alpha value is -2.04. The number of carbonyl (C=O) groups excluding carboxylic acids is 1. The molecule has 1 amide bonds. The molecule has 1 aromatic carbocycles. The van der Waals surface area contributed by atoms with Crippen LogP contribution in [0.15, 0.2) is 18.2 Å². The van der Waals surface area contributed by atoms with Crippen molar-refractivity contribution in [2.75, 3.05) is 0 Å². The summed E-state index contributed by atoms with van der Waals surface area (Å²) in [4.78, 5) is 22.5. The molecule has 3 N–H and O–H groups in total. The highest BCUT2D eigenvalue weighted by Gasteiger charge is 2.18. The van der Waals surface area contributed by atoms with Crippen molar-refractivity contribution in [2.24, 2.45) is 0 Å². The van der Waals surface area contributed by atoms with Gasteiger partial charge in [0.1, 0.15) is 11.8 Å². The predicted octanol–water partition coefficient (Wildman–Crippen LogP) is 1.29. The van der Waals surface area contributed by atoms with Crippen LogP contribution in [-0.2, 0) is 4.79 Å². The van der Waals surface area contributed by atoms with Gasteiger partial charge in [0.2, 0.25) is 0 Å². The Morgan fingerprint density at radius 1 is 1.41 bits per heavy atom. The average Bonchev–Trinajstić information content (AvgIpc) is 2.28. The molecular formula is C12H15NO4. The van der Waals surface area contributed by atoms with E-state index < -0.39 is 17.9 Å². The lowest BCUT2D eigenvalue weighted by atomic mass is 10.1. The number of carboxylic acids is 1. The van der Waals surface area contributed by atoms with E-state index >= 15 is 0 Å². The number of phenolic OH excluding ortho intramolecular Hbond substituents is 1. The van der Waals surface area contributed by atoms with Crippen LogP contribution in [0.4, 0.5) is 0 Å². The number of benzene rings is 1. The van der Waals surface area contributed by atoms with Gasteiger partial charge in [-0.2, -0.15) is 0 Å². The fourth-order valence-electron chi connectivity index (χ4n) is 1.33. The van der Waals surface area contributed by atoms with E-state index in [9.17, 15) is 14.7 Å². The van der Waals surface area contributed by atoms with Gasteiger partial charge in [-0.05, 0) is 31.0 Å². The molecule has 0 saturated heterocycles. The van der Waals surface area contributed by atoms with E-state index in [-0.39, 0.29) is 11.3 Å². The minimum atomic E-state index is -1.07. The zero-order valence-corrected chi connectivity index (χ0v) is 9.73. The van der Waals surface area contributed by atoms with E-state index in [2.05, 4.69) is 5.32 Å². The molecule has 0 saturated carbocycles. The fraction of sp³-hybridized carbons (Fsp3) is 0.333. The van der Waals surface area contributed by atoms with Gasteiger partial charge in [0.05, 0.1) is 0 Å². The number of hydrogen-bond donors (Lipinski definition) is 3. The number of nitrogens with one attached hydrogen (secondary N) is 1. The van der Waals surface area contributed by atoms with Gasteiger partial charge in [-0.15, -0.1) is 0 Å². The third-order valence-electron chi connectivity index (χ3n) is 2.48. The van der Waals surface area contributed by atoms with Crippen molar-refractivity contribution in [3.05, 3.63) is 29.3 Å². The first-order chi connectivity index (χ1) is 7.95. The number of aliphatic carboxylic acids is 1. The van der Waals surface area contributed by atoms with Gasteiger partial charge in [-0.25, -0.2) is 4.79 Å². The van der Waals surface area contributed by atoms with E-state index in [1.54, 1.807) is 26.0 Å². The number of carbonyl (C=O) groups is 2. The van der Waals surface area contributed by atoms with Crippen molar-refractivity contribution in [2.45, 2.75) is 26.3 Å². The summed E-state index contributed by atoms with van der Waals surface area (Å²) in [5, 5.41) is 20.6. The molecule has 1 atom stereocenters. The lowest BCUT2D eigenvalue weighted by Crippen LogP contribution is -2.40. The molecule has 0 bridgehead atoms. The Balaban J connectivity index is 2.82. The molecule has 0 heterocycles. The number of rotatable bonds is 4. The Morgan fingerprint density at radius 2 is 2.06 bits per heavy atom. The van der Waals surface area contributed by atoms with Crippen LogP contribution in [0.5, 0.6) is 5.75 Å². The number of amides is 1. The molecule has 0 aliphatic heterocycles. The van der Waals surface area contributed by atoms with Crippen LogP contribution >= 0.6 is 0 Å². The first-order valence-corrected chi connectivity index (χ1v) is 5.29. The normalized spacial score (nSPS) is 11.9. The molecule has 0 spiro atoms. The first kappa shape index (κ1) is 13.0. The van der Waals surface area contributed by atoms with E-state index in [0.29, 0.717) is 12.0 Å². The van der Waals surface area contributed by atoms with E-state index in [1.807, 2.05) is 0 Å². The van der Waals surface area contributed by atoms with Crippen molar-refractivity contribution < 1.29 is 19.8 Å². The van der Waals surface area contributed by atoms with Gasteiger partial charge in [-0.1, -0.05) is 13.0 Å². The Kier molecular flexibility index (Phi) is 4.09. The summed E-state index contributed by atoms with van der Waals surface area (Å²) in [5.41, 5.74) is 0.902. The monoisotopic (exact) mass is 237 g/mol. The number of hydrogen-bond acceptors (Lipinski definition) is 3. The molecule has 0 radical (unpaired) electrons. The Bertz CT molecular complexity index is 442. The van der Waals surface area contributed by atoms with Gasteiger partial charge >= 0.3 is 5.97 Å². The molecule has 92 valence electrons. The largest absolute Gasteiger partial charge is 0.508 e. The molecule has 0 fully saturated rings. The molecule has 5 heteroatoms. The minimum Gasteiger partial charge on any atom is -0.508 e. The summed E-state index contributed by atoms with van der Waals surface area (Å²) in [6, 6.07) is 3.55. The van der Waals surface area contributed by atoms with Gasteiger partial charge in [-0.3, -0.25) is 4.79 Å². The highest BCUT2D eigenvalue weighted by Crippen LogP contribution is 2.17. The van der Waals surface area contributed by atoms with Gasteiger partial charge in [0, 0.05) is 5.56 Å². The number of aromatic hydroxyl groups is 1. The molecule has 1 aromatic rings. The summed E-state index contributed by atoms with van der Waals surface area (Å²) in [5.74, 6) is -1.56. The van der Waals surface area contributed by atoms with Gasteiger partial charge < -0.3 is 15.5 Å². The second-order valence-electron chi connectivity index (χ2n) is 3.77. The van der Waals surface area contributed by atoms with E-state index in [0.717, 1.165) is 0 Å². The maximum atomic E-state index is 11.7. The average molecular weight is 237 g/mol. The summed E-state index contributed by atoms with van der Waals surface area (Å²) < 4.78 is 0. The molecular weight excluding hydrogens is 222 g/mol. The van der Waals surface area contributed by atoms with Crippen molar-refractivity contribution in [1.82, 2.24) is 5.32 Å². The highest BCUT2D eigenvalue weighted by atomic mass is 16.4. The lowest BCUT2D eigenvalue weighted by Gasteiger charge is -2.12. The van der Waals surface area contributed by atoms with Crippen molar-refractivity contribution >= 4 is 11.9 Å². The van der Waals surface area contributed by atoms with Crippen LogP contribution in [0.3, 0.4) is 0 Å². The standard InChI is InChI=1S/C12H15NO4/c1-3-9(12(16)17)13-11(15)8-5-4-7(2)10(14)6-8/h4-6,9,14H,3H2,1-2H3,(H,13,15)(H,16,17). The molecule has 1 unspecified atom stereocenters. The second-order valence-corrected chi connectivity index (χ2v) is 3.77. The Labute approximate surface area is 99.1 Å². The molecule has 0 aliphatic rings. The summed E-state index contributed by atoms with van der Waals surface area (Å²) in [7, 11) is 0. The van der Waals surface area contributed by atoms with Crippen LogP contribution in [-0.4, -0.2) is 28.1 Å². The van der Waals surface area contributed by atoms with Crippen LogP contribution < -0.4 is 5.32 Å². The van der Waals surface area contributed by atoms with E-state index in [1.165, 1.54) is 6.07 Å². The number of phenols is 1. The highest BCUT2D eigenvalue weighted by molar-refractivity contribution is 5.96. The maximum absolute atomic E-state index is 11.7. The maximum Gasteiger partial charge on any atom is 0.326 e. The van der Waals surface area contributed by atoms with Crippen molar-refractivity contribution in [3.8, 4) is 5.75 Å². The zero-order valence-electron chi connectivity index (χ0n) is 9.73. The quantitative estimate of drug-likeness (QED) is 0.736. The van der Waals surface area contributed by atoms with E-state index in [4.69, 9.17) is 5.11 Å². The minimum absolute atomic E-state index is 0.0148. The van der Waals surface area contributed by atoms with Crippen molar-refractivity contribution in [1.29, 1.82) is 0 Å². The third-order valence-corrected chi connectivity index (χ3v) is 2.48. The summed E-state index contributed by atoms with van der Waals surface area (Å²) in [6.07, 6.45) is 0.304. The summed E-state index contributed by atoms with van der Waals surface area (Å²) >= 11 is 0. The number of carboxylic acid groups (broad SMARTS) is 1. The van der Waals surface area contributed by atoms with Gasteiger partial charge in [0.25, 0.3) is 5.91 Å². The van der Waals surface area contributed by atoms with Crippen molar-refractivity contribution in [3.63, 3.8) is 0 Å². The van der Waals surface area contributed by atoms with Crippen LogP contribution in [0.25, 0.3) is 0 Å². The van der Waals surface area contributed by atoms with Crippen LogP contribution in [0.1, 0.15) is 29.3 Å². The van der Waals surface area contributed by atoms with Gasteiger partial charge in [0.15, 0.2) is 0 Å². The third kappa shape index (κ3) is 3.21. The SMILES string of the molecule is CCC(NC(=O)c1ccc(C)c(O)c1)C(=O)O. The smallest absolute Gasteiger partial charge is 0.326 e. The predicted molar refractivity (Wildman–Crippen MR) is 62.0 cm³/mol. The molecule has 5 nitrogen and oxygen atoms in total. The molecule has 1 rings (SSSR count). The molecule has 0 aromatic heterocycles. The molecule has 0 aliphatic carbocycles. The summed E-state index contributed by atoms with van der Waals surface area (Å²) in [6.45, 7) is 3.38. The lowest BCUT2D eigenvalue weighted by molar-refractivity contribution is -0.139. The topological polar surface area (TPSA) is 86.6 Å². The zero-order chi connectivity index (χ0) is 13.0. The number of aryl methyl sites for hydroxylation is 1. The Morgan fingerprint density at radius 3 is 2.53 bits per heavy atom.